The van der Waals surface area contributed by atoms with E-state index in [2.05, 4.69) is 16.7 Å². The summed E-state index contributed by atoms with van der Waals surface area (Å²) in [5.41, 5.74) is 0.216. The van der Waals surface area contributed by atoms with Crippen molar-refractivity contribution in [3.63, 3.8) is 0 Å². The summed E-state index contributed by atoms with van der Waals surface area (Å²) in [4.78, 5) is 65.2. The molecule has 0 aliphatic heterocycles. The minimum Gasteiger partial charge on any atom is -0.495 e. The molecular weight excluding hydrogens is 630 g/mol. The topological polar surface area (TPSA) is 180 Å². The Morgan fingerprint density at radius 2 is 1.79 bits per heavy atom. The van der Waals surface area contributed by atoms with Crippen molar-refractivity contribution in [2.75, 3.05) is 33.1 Å². The molecule has 1 unspecified atom stereocenters. The number of pyridine rings is 1. The van der Waals surface area contributed by atoms with Crippen LogP contribution in [0, 0.1) is 11.3 Å². The quantitative estimate of drug-likeness (QED) is 0.229. The highest BCUT2D eigenvalue weighted by Gasteiger charge is 2.52. The fraction of sp³-hybridized carbons (Fsp3) is 0.333. The summed E-state index contributed by atoms with van der Waals surface area (Å²) in [5.74, 6) is -2.85. The Hall–Kier alpha value is -5.19. The lowest BCUT2D eigenvalue weighted by Crippen LogP contribution is -2.53. The van der Waals surface area contributed by atoms with Gasteiger partial charge >= 0.3 is 11.9 Å². The number of carboxylic acid groups (broad SMARTS) is 1. The first-order valence-electron chi connectivity index (χ1n) is 14.6. The van der Waals surface area contributed by atoms with Gasteiger partial charge in [-0.2, -0.15) is 5.26 Å². The van der Waals surface area contributed by atoms with Crippen LogP contribution in [0.25, 0.3) is 11.1 Å². The number of carbonyl (C=O) groups is 4. The van der Waals surface area contributed by atoms with E-state index in [1.165, 1.54) is 54.3 Å². The van der Waals surface area contributed by atoms with E-state index in [0.29, 0.717) is 40.2 Å². The molecular formula is C33H34ClN5O8. The normalized spacial score (nSPS) is 14.3. The third-order valence-electron chi connectivity index (χ3n) is 8.06. The summed E-state index contributed by atoms with van der Waals surface area (Å²) in [6.45, 7) is 1.16. The number of halogens is 1. The molecule has 0 radical (unpaired) electrons. The molecule has 1 aliphatic rings. The maximum absolute atomic E-state index is 13.3. The van der Waals surface area contributed by atoms with Gasteiger partial charge in [0.1, 0.15) is 18.4 Å². The maximum Gasteiger partial charge on any atom is 0.338 e. The van der Waals surface area contributed by atoms with Crippen molar-refractivity contribution in [2.45, 2.75) is 43.8 Å². The summed E-state index contributed by atoms with van der Waals surface area (Å²) in [5, 5.41) is 24.6. The van der Waals surface area contributed by atoms with E-state index in [1.54, 1.807) is 38.1 Å². The Kier molecular flexibility index (Phi) is 10.7. The molecule has 246 valence electrons. The number of nitriles is 1. The van der Waals surface area contributed by atoms with Gasteiger partial charge in [0.15, 0.2) is 6.04 Å². The number of rotatable bonds is 13. The van der Waals surface area contributed by atoms with Crippen molar-refractivity contribution < 1.29 is 33.8 Å². The molecule has 0 spiro atoms. The molecule has 0 bridgehead atoms. The number of esters is 1. The smallest absolute Gasteiger partial charge is 0.338 e. The second-order valence-corrected chi connectivity index (χ2v) is 11.6. The van der Waals surface area contributed by atoms with Crippen molar-refractivity contribution in [3.8, 4) is 22.9 Å². The highest BCUT2D eigenvalue weighted by Crippen LogP contribution is 2.40. The van der Waals surface area contributed by atoms with Crippen LogP contribution in [0.5, 0.6) is 5.75 Å². The number of nitrogens with zero attached hydrogens (tertiary/aromatic N) is 3. The number of hydrogen-bond acceptors (Lipinski definition) is 9. The van der Waals surface area contributed by atoms with Gasteiger partial charge < -0.3 is 25.2 Å². The standard InChI is InChI=1S/C33H34ClN5O8/c1-5-26(39-17-27(46-4)24(15-28(39)40)23-14-21(34)9-6-20(23)16-35)29(41)36-22-10-7-19(8-11-22)31(44)47-18-25(30(42)43)37-32(45)33(12-13-33)38(2)3/h6-11,14-15,17,25-26H,5,12-13,18H2,1-4H3,(H,36,41)(H,37,45)(H,42,43)/t25-,26?/m0/s1. The molecule has 47 heavy (non-hydrogen) atoms. The van der Waals surface area contributed by atoms with Gasteiger partial charge in [-0.15, -0.1) is 0 Å². The number of likely N-dealkylation sites (N-methyl/N-ethyl adjacent to an activating group) is 1. The molecule has 4 rings (SSSR count). The van der Waals surface area contributed by atoms with Gasteiger partial charge in [0.25, 0.3) is 5.56 Å². The zero-order chi connectivity index (χ0) is 34.5. The molecule has 1 fully saturated rings. The molecule has 13 nitrogen and oxygen atoms in total. The lowest BCUT2D eigenvalue weighted by Gasteiger charge is -2.24. The summed E-state index contributed by atoms with van der Waals surface area (Å²) < 4.78 is 11.9. The summed E-state index contributed by atoms with van der Waals surface area (Å²) in [6.07, 6.45) is 2.86. The zero-order valence-corrected chi connectivity index (χ0v) is 27.0. The number of methoxy groups -OCH3 is 1. The van der Waals surface area contributed by atoms with Crippen molar-refractivity contribution >= 4 is 41.0 Å². The average Bonchev–Trinajstić information content (AvgIpc) is 3.86. The first-order valence-corrected chi connectivity index (χ1v) is 15.0. The third kappa shape index (κ3) is 7.62. The fourth-order valence-electron chi connectivity index (χ4n) is 5.11. The fourth-order valence-corrected chi connectivity index (χ4v) is 5.28. The molecule has 3 N–H and O–H groups in total. The van der Waals surface area contributed by atoms with E-state index in [1.807, 2.05) is 0 Å². The molecule has 0 saturated heterocycles. The van der Waals surface area contributed by atoms with E-state index in [-0.39, 0.29) is 17.7 Å². The van der Waals surface area contributed by atoms with Gasteiger partial charge in [0.05, 0.1) is 36.0 Å². The number of carboxylic acids is 1. The number of carbonyl (C=O) groups excluding carboxylic acids is 3. The SMILES string of the molecule is CCC(C(=O)Nc1ccc(C(=O)OC[C@H](NC(=O)C2(N(C)C)CC2)C(=O)O)cc1)n1cc(OC)c(-c2cc(Cl)ccc2C#N)cc1=O. The van der Waals surface area contributed by atoms with E-state index in [9.17, 15) is 34.3 Å². The average molecular weight is 664 g/mol. The highest BCUT2D eigenvalue weighted by atomic mass is 35.5. The molecule has 1 heterocycles. The lowest BCUT2D eigenvalue weighted by molar-refractivity contribution is -0.144. The number of ether oxygens (including phenoxy) is 2. The number of aliphatic carboxylic acids is 1. The minimum atomic E-state index is -1.43. The van der Waals surface area contributed by atoms with Crippen LogP contribution in [0.15, 0.2) is 59.5 Å². The lowest BCUT2D eigenvalue weighted by atomic mass is 10.00. The highest BCUT2D eigenvalue weighted by molar-refractivity contribution is 6.31. The molecule has 2 amide bonds. The number of anilines is 1. The number of amides is 2. The summed E-state index contributed by atoms with van der Waals surface area (Å²) >= 11 is 6.14. The molecule has 2 aromatic carbocycles. The van der Waals surface area contributed by atoms with Crippen LogP contribution in [0.4, 0.5) is 5.69 Å². The van der Waals surface area contributed by atoms with Crippen LogP contribution in [0.1, 0.15) is 48.1 Å². The van der Waals surface area contributed by atoms with Crippen LogP contribution in [-0.2, 0) is 19.1 Å². The molecule has 1 aromatic heterocycles. The Labute approximate surface area is 275 Å². The van der Waals surface area contributed by atoms with E-state index < -0.39 is 53.5 Å². The number of benzene rings is 2. The van der Waals surface area contributed by atoms with Crippen LogP contribution >= 0.6 is 11.6 Å². The molecule has 14 heteroatoms. The van der Waals surface area contributed by atoms with Crippen molar-refractivity contribution in [1.29, 1.82) is 5.26 Å². The van der Waals surface area contributed by atoms with E-state index >= 15 is 0 Å². The van der Waals surface area contributed by atoms with Gasteiger partial charge in [-0.3, -0.25) is 23.9 Å². The Bertz CT molecular complexity index is 1790. The monoisotopic (exact) mass is 663 g/mol. The van der Waals surface area contributed by atoms with Gasteiger partial charge in [-0.05, 0) is 75.8 Å². The predicted molar refractivity (Wildman–Crippen MR) is 172 cm³/mol. The summed E-state index contributed by atoms with van der Waals surface area (Å²) in [7, 11) is 4.88. The van der Waals surface area contributed by atoms with Gasteiger partial charge in [0.2, 0.25) is 11.8 Å². The largest absolute Gasteiger partial charge is 0.495 e. The van der Waals surface area contributed by atoms with Crippen LogP contribution < -0.4 is 20.9 Å². The molecule has 1 aliphatic carbocycles. The van der Waals surface area contributed by atoms with Crippen molar-refractivity contribution in [3.05, 3.63) is 81.2 Å². The van der Waals surface area contributed by atoms with Crippen LogP contribution in [-0.4, -0.2) is 77.7 Å². The van der Waals surface area contributed by atoms with E-state index in [4.69, 9.17) is 21.1 Å². The minimum absolute atomic E-state index is 0.0896. The summed E-state index contributed by atoms with van der Waals surface area (Å²) in [6, 6.07) is 11.4. The van der Waals surface area contributed by atoms with Crippen molar-refractivity contribution in [1.82, 2.24) is 14.8 Å². The number of aromatic nitrogens is 1. The first kappa shape index (κ1) is 34.7. The van der Waals surface area contributed by atoms with Gasteiger partial charge in [0, 0.05) is 27.9 Å². The first-order chi connectivity index (χ1) is 22.3. The number of hydrogen-bond donors (Lipinski definition) is 3. The Balaban J connectivity index is 1.43. The zero-order valence-electron chi connectivity index (χ0n) is 26.2. The van der Waals surface area contributed by atoms with Gasteiger partial charge in [-0.1, -0.05) is 18.5 Å². The second-order valence-electron chi connectivity index (χ2n) is 11.2. The van der Waals surface area contributed by atoms with Gasteiger partial charge in [-0.25, -0.2) is 9.59 Å². The second kappa shape index (κ2) is 14.5. The third-order valence-corrected chi connectivity index (χ3v) is 8.29. The maximum atomic E-state index is 13.3. The number of nitrogens with one attached hydrogen (secondary N) is 2. The van der Waals surface area contributed by atoms with E-state index in [0.717, 1.165) is 0 Å². The Morgan fingerprint density at radius 3 is 2.34 bits per heavy atom. The molecule has 2 atom stereocenters. The predicted octanol–water partition coefficient (Wildman–Crippen LogP) is 3.46. The Morgan fingerprint density at radius 1 is 1.11 bits per heavy atom. The molecule has 1 saturated carbocycles. The van der Waals surface area contributed by atoms with Crippen LogP contribution in [0.3, 0.4) is 0 Å². The van der Waals surface area contributed by atoms with Crippen LogP contribution in [0.2, 0.25) is 5.02 Å². The van der Waals surface area contributed by atoms with Crippen molar-refractivity contribution in [2.24, 2.45) is 0 Å². The molecule has 3 aromatic rings.